The number of benzene rings is 1. The van der Waals surface area contributed by atoms with Crippen molar-refractivity contribution in [2.75, 3.05) is 0 Å². The van der Waals surface area contributed by atoms with Crippen LogP contribution in [0.4, 0.5) is 13.2 Å². The Hall–Kier alpha value is -1.63. The number of alkyl halides is 3. The van der Waals surface area contributed by atoms with Gasteiger partial charge < -0.3 is 9.84 Å². The third-order valence-corrected chi connectivity index (χ3v) is 4.81. The van der Waals surface area contributed by atoms with Gasteiger partial charge in [0, 0.05) is 9.51 Å². The van der Waals surface area contributed by atoms with Crippen molar-refractivity contribution in [1.29, 1.82) is 0 Å². The molecule has 0 aliphatic heterocycles. The van der Waals surface area contributed by atoms with Crippen molar-refractivity contribution >= 4 is 39.1 Å². The zero-order valence-electron chi connectivity index (χ0n) is 16.5. The van der Waals surface area contributed by atoms with Crippen LogP contribution in [0.1, 0.15) is 37.8 Å². The molecule has 0 saturated heterocycles. The first-order chi connectivity index (χ1) is 14.0. The molecule has 0 aliphatic rings. The van der Waals surface area contributed by atoms with Crippen LogP contribution in [0.25, 0.3) is 0 Å². The van der Waals surface area contributed by atoms with Crippen LogP contribution < -0.4 is 0 Å². The highest BCUT2D eigenvalue weighted by Crippen LogP contribution is 2.35. The van der Waals surface area contributed by atoms with E-state index in [1.807, 2.05) is 0 Å². The molecule has 0 aliphatic carbocycles. The first-order valence-electron chi connectivity index (χ1n) is 8.84. The van der Waals surface area contributed by atoms with Gasteiger partial charge in [0.15, 0.2) is 11.5 Å². The zero-order chi connectivity index (χ0) is 22.9. The van der Waals surface area contributed by atoms with E-state index in [2.05, 4.69) is 22.5 Å². The predicted octanol–water partition coefficient (Wildman–Crippen LogP) is 8.98. The lowest BCUT2D eigenvalue weighted by Crippen LogP contribution is -2.07. The molecule has 1 aromatic rings. The highest BCUT2D eigenvalue weighted by atomic mass is 79.9. The number of ether oxygens (including phenoxy) is 1. The van der Waals surface area contributed by atoms with E-state index in [1.165, 1.54) is 12.1 Å². The van der Waals surface area contributed by atoms with Gasteiger partial charge in [0.05, 0.1) is 10.6 Å². The molecule has 30 heavy (non-hydrogen) atoms. The van der Waals surface area contributed by atoms with Crippen LogP contribution in [0, 0.1) is 0 Å². The highest BCUT2D eigenvalue weighted by Gasteiger charge is 2.33. The minimum absolute atomic E-state index is 0.140. The van der Waals surface area contributed by atoms with Gasteiger partial charge in [-0.2, -0.15) is 13.2 Å². The van der Waals surface area contributed by atoms with Crippen LogP contribution in [0.3, 0.4) is 0 Å². The molecule has 0 atom stereocenters. The van der Waals surface area contributed by atoms with Crippen LogP contribution in [0.15, 0.2) is 75.7 Å². The van der Waals surface area contributed by atoms with Gasteiger partial charge in [-0.3, -0.25) is 0 Å². The van der Waals surface area contributed by atoms with Crippen molar-refractivity contribution < 1.29 is 23.0 Å². The SMILES string of the molecule is C=CC/C=C(Cl)\C=C/C/C(C)=C(OCc1ccc(Cl)c(C(F)(F)F)c1)/C(O)=C(\C)Br. The van der Waals surface area contributed by atoms with Crippen molar-refractivity contribution in [3.05, 3.63) is 91.8 Å². The summed E-state index contributed by atoms with van der Waals surface area (Å²) >= 11 is 14.9. The Bertz CT molecular complexity index is 881. The molecule has 0 unspecified atom stereocenters. The summed E-state index contributed by atoms with van der Waals surface area (Å²) in [6, 6.07) is 3.54. The first kappa shape index (κ1) is 26.4. The van der Waals surface area contributed by atoms with E-state index in [0.717, 1.165) is 6.07 Å². The van der Waals surface area contributed by atoms with E-state index in [-0.39, 0.29) is 28.7 Å². The Morgan fingerprint density at radius 1 is 1.30 bits per heavy atom. The molecular formula is C22H22BrCl2F3O2. The van der Waals surface area contributed by atoms with Crippen LogP contribution >= 0.6 is 39.1 Å². The average molecular weight is 526 g/mol. The van der Waals surface area contributed by atoms with Crippen LogP contribution in [-0.4, -0.2) is 5.11 Å². The van der Waals surface area contributed by atoms with E-state index in [0.29, 0.717) is 27.9 Å². The van der Waals surface area contributed by atoms with E-state index in [9.17, 15) is 18.3 Å². The number of rotatable bonds is 9. The molecule has 2 nitrogen and oxygen atoms in total. The molecule has 0 saturated carbocycles. The second-order valence-electron chi connectivity index (χ2n) is 6.31. The maximum atomic E-state index is 13.1. The molecule has 8 heteroatoms. The fraction of sp³-hybridized carbons (Fsp3) is 0.273. The quantitative estimate of drug-likeness (QED) is 0.198. The number of halogens is 6. The molecule has 0 bridgehead atoms. The predicted molar refractivity (Wildman–Crippen MR) is 121 cm³/mol. The molecule has 1 rings (SSSR count). The lowest BCUT2D eigenvalue weighted by atomic mass is 10.1. The molecule has 0 fully saturated rings. The topological polar surface area (TPSA) is 29.5 Å². The summed E-state index contributed by atoms with van der Waals surface area (Å²) < 4.78 is 45.3. The maximum absolute atomic E-state index is 13.1. The molecule has 0 aromatic heterocycles. The van der Waals surface area contributed by atoms with Crippen molar-refractivity contribution in [3.63, 3.8) is 0 Å². The number of hydrogen-bond donors (Lipinski definition) is 1. The number of aliphatic hydroxyl groups excluding tert-OH is 1. The zero-order valence-corrected chi connectivity index (χ0v) is 19.6. The molecule has 1 N–H and O–H groups in total. The highest BCUT2D eigenvalue weighted by molar-refractivity contribution is 9.11. The second-order valence-corrected chi connectivity index (χ2v) is 8.35. The van der Waals surface area contributed by atoms with Crippen molar-refractivity contribution in [3.8, 4) is 0 Å². The summed E-state index contributed by atoms with van der Waals surface area (Å²) in [7, 11) is 0. The van der Waals surface area contributed by atoms with Crippen LogP contribution in [-0.2, 0) is 17.5 Å². The largest absolute Gasteiger partial charge is 0.504 e. The van der Waals surface area contributed by atoms with Crippen LogP contribution in [0.2, 0.25) is 5.02 Å². The molecule has 0 heterocycles. The first-order valence-corrected chi connectivity index (χ1v) is 10.4. The van der Waals surface area contributed by atoms with Gasteiger partial charge >= 0.3 is 6.18 Å². The van der Waals surface area contributed by atoms with Gasteiger partial charge in [-0.15, -0.1) is 6.58 Å². The van der Waals surface area contributed by atoms with Crippen LogP contribution in [0.5, 0.6) is 0 Å². The Labute approximate surface area is 193 Å². The van der Waals surface area contributed by atoms with E-state index in [4.69, 9.17) is 27.9 Å². The average Bonchev–Trinajstić information content (AvgIpc) is 2.66. The van der Waals surface area contributed by atoms with Gasteiger partial charge in [-0.25, -0.2) is 0 Å². The molecule has 1 aromatic carbocycles. The third-order valence-electron chi connectivity index (χ3n) is 3.83. The van der Waals surface area contributed by atoms with Gasteiger partial charge in [0.25, 0.3) is 0 Å². The van der Waals surface area contributed by atoms with Gasteiger partial charge in [-0.05, 0) is 56.0 Å². The van der Waals surface area contributed by atoms with Gasteiger partial charge in [0.2, 0.25) is 0 Å². The minimum Gasteiger partial charge on any atom is -0.504 e. The molecular weight excluding hydrogens is 504 g/mol. The summed E-state index contributed by atoms with van der Waals surface area (Å²) in [6.45, 7) is 6.80. The summed E-state index contributed by atoms with van der Waals surface area (Å²) in [4.78, 5) is 0. The lowest BCUT2D eigenvalue weighted by molar-refractivity contribution is -0.137. The molecule has 0 radical (unpaired) electrons. The third kappa shape index (κ3) is 8.62. The second kappa shape index (κ2) is 12.3. The molecule has 0 spiro atoms. The molecule has 0 amide bonds. The van der Waals surface area contributed by atoms with E-state index < -0.39 is 11.7 Å². The normalized spacial score (nSPS) is 14.5. The van der Waals surface area contributed by atoms with Gasteiger partial charge in [-0.1, -0.05) is 63.4 Å². The summed E-state index contributed by atoms with van der Waals surface area (Å²) in [5, 5.41) is 10.5. The summed E-state index contributed by atoms with van der Waals surface area (Å²) in [5.74, 6) is 0.0305. The minimum atomic E-state index is -4.57. The standard InChI is InChI=1S/C22H22BrCl2F3O2/c1-4-5-8-17(24)9-6-7-14(2)21(20(29)15(3)23)30-13-16-10-11-19(25)18(12-16)22(26,27)28/h4,6,8-12,29H,1,5,7,13H2,2-3H3/b9-6-,17-8+,20-15-,21-14-. The van der Waals surface area contributed by atoms with E-state index >= 15 is 0 Å². The number of allylic oxidation sites excluding steroid dienone is 7. The van der Waals surface area contributed by atoms with E-state index in [1.54, 1.807) is 38.2 Å². The van der Waals surface area contributed by atoms with Crippen molar-refractivity contribution in [2.45, 2.75) is 39.5 Å². The summed E-state index contributed by atoms with van der Waals surface area (Å²) in [6.07, 6.45) is 3.49. The smallest absolute Gasteiger partial charge is 0.417 e. The fourth-order valence-corrected chi connectivity index (χ4v) is 2.87. The lowest BCUT2D eigenvalue weighted by Gasteiger charge is -2.15. The van der Waals surface area contributed by atoms with Crippen molar-refractivity contribution in [2.24, 2.45) is 0 Å². The van der Waals surface area contributed by atoms with Crippen molar-refractivity contribution in [1.82, 2.24) is 0 Å². The Morgan fingerprint density at radius 2 is 1.97 bits per heavy atom. The van der Waals surface area contributed by atoms with Gasteiger partial charge in [0.1, 0.15) is 6.61 Å². The maximum Gasteiger partial charge on any atom is 0.417 e. The summed E-state index contributed by atoms with van der Waals surface area (Å²) in [5.41, 5.74) is -0.00316. The number of aliphatic hydroxyl groups is 1. The monoisotopic (exact) mass is 524 g/mol. The fourth-order valence-electron chi connectivity index (χ4n) is 2.29. The number of hydrogen-bond acceptors (Lipinski definition) is 2. The Balaban J connectivity index is 3.08. The Morgan fingerprint density at radius 3 is 2.53 bits per heavy atom. The molecule has 164 valence electrons. The Kier molecular flexibility index (Phi) is 10.8.